The van der Waals surface area contributed by atoms with Crippen LogP contribution in [0.2, 0.25) is 0 Å². The van der Waals surface area contributed by atoms with Crippen LogP contribution in [0.15, 0.2) is 24.3 Å². The molecule has 1 aliphatic heterocycles. The molecule has 0 fully saturated rings. The maximum atomic E-state index is 12.1. The number of nitrogens with one attached hydrogen (secondary N) is 2. The summed E-state index contributed by atoms with van der Waals surface area (Å²) in [7, 11) is 0. The zero-order valence-corrected chi connectivity index (χ0v) is 11.7. The van der Waals surface area contributed by atoms with Gasteiger partial charge in [-0.1, -0.05) is 0 Å². The summed E-state index contributed by atoms with van der Waals surface area (Å²) in [5, 5.41) is 10.5. The highest BCUT2D eigenvalue weighted by Gasteiger charge is 2.12. The van der Waals surface area contributed by atoms with Gasteiger partial charge in [0.15, 0.2) is 0 Å². The molecule has 0 bridgehead atoms. The quantitative estimate of drug-likeness (QED) is 0.898. The number of rotatable bonds is 3. The summed E-state index contributed by atoms with van der Waals surface area (Å²) in [6, 6.07) is 7.94. The normalized spacial score (nSPS) is 12.9. The fourth-order valence-corrected chi connectivity index (χ4v) is 2.55. The van der Waals surface area contributed by atoms with Crippen LogP contribution in [0.5, 0.6) is 0 Å². The zero-order valence-electron chi connectivity index (χ0n) is 11.7. The van der Waals surface area contributed by atoms with Crippen LogP contribution in [0.3, 0.4) is 0 Å². The molecule has 0 atom stereocenters. The fourth-order valence-electron chi connectivity index (χ4n) is 2.55. The Hall–Kier alpha value is -2.30. The Balaban J connectivity index is 1.68. The number of fused-ring (bicyclic) bond motifs is 1. The van der Waals surface area contributed by atoms with Gasteiger partial charge < -0.3 is 10.6 Å². The molecular weight excluding hydrogens is 252 g/mol. The Morgan fingerprint density at radius 3 is 3.00 bits per heavy atom. The molecule has 1 aromatic carbocycles. The van der Waals surface area contributed by atoms with E-state index in [2.05, 4.69) is 15.7 Å². The molecule has 1 aromatic heterocycles. The van der Waals surface area contributed by atoms with Gasteiger partial charge in [-0.05, 0) is 50.1 Å². The van der Waals surface area contributed by atoms with Gasteiger partial charge in [-0.3, -0.25) is 9.48 Å². The van der Waals surface area contributed by atoms with E-state index in [1.54, 1.807) is 4.68 Å². The van der Waals surface area contributed by atoms with E-state index in [9.17, 15) is 4.79 Å². The first-order valence-corrected chi connectivity index (χ1v) is 6.79. The molecule has 2 heterocycles. The summed E-state index contributed by atoms with van der Waals surface area (Å²) in [4.78, 5) is 12.1. The lowest BCUT2D eigenvalue weighted by atomic mass is 10.1. The van der Waals surface area contributed by atoms with Crippen molar-refractivity contribution in [1.29, 1.82) is 0 Å². The van der Waals surface area contributed by atoms with E-state index in [1.807, 2.05) is 38.1 Å². The van der Waals surface area contributed by atoms with Crippen LogP contribution in [0.1, 0.15) is 17.0 Å². The summed E-state index contributed by atoms with van der Waals surface area (Å²) < 4.78 is 1.72. The standard InChI is InChI=1S/C15H18N4O/c1-10-7-11(2)19(18-10)9-15(20)17-13-3-4-14-12(8-13)5-6-16-14/h3-4,7-8,16H,5-6,9H2,1-2H3,(H,17,20). The molecular formula is C15H18N4O. The highest BCUT2D eigenvalue weighted by molar-refractivity contribution is 5.91. The van der Waals surface area contributed by atoms with E-state index >= 15 is 0 Å². The van der Waals surface area contributed by atoms with E-state index in [-0.39, 0.29) is 12.5 Å². The molecule has 0 spiro atoms. The van der Waals surface area contributed by atoms with Crippen LogP contribution in [0.4, 0.5) is 11.4 Å². The molecule has 2 N–H and O–H groups in total. The predicted octanol–water partition coefficient (Wildman–Crippen LogP) is 2.11. The van der Waals surface area contributed by atoms with Crippen molar-refractivity contribution < 1.29 is 4.79 Å². The first-order chi connectivity index (χ1) is 9.61. The van der Waals surface area contributed by atoms with Crippen LogP contribution in [0.25, 0.3) is 0 Å². The van der Waals surface area contributed by atoms with Gasteiger partial charge in [0.25, 0.3) is 0 Å². The number of carbonyl (C=O) groups excluding carboxylic acids is 1. The van der Waals surface area contributed by atoms with Crippen LogP contribution in [0, 0.1) is 13.8 Å². The molecule has 2 aromatic rings. The minimum absolute atomic E-state index is 0.0536. The highest BCUT2D eigenvalue weighted by Crippen LogP contribution is 2.25. The third-order valence-corrected chi connectivity index (χ3v) is 3.50. The largest absolute Gasteiger partial charge is 0.384 e. The van der Waals surface area contributed by atoms with Crippen molar-refractivity contribution in [2.45, 2.75) is 26.8 Å². The van der Waals surface area contributed by atoms with E-state index in [4.69, 9.17) is 0 Å². The number of aromatic nitrogens is 2. The van der Waals surface area contributed by atoms with Crippen molar-refractivity contribution in [2.75, 3.05) is 17.2 Å². The molecule has 0 saturated carbocycles. The predicted molar refractivity (Wildman–Crippen MR) is 79.0 cm³/mol. The van der Waals surface area contributed by atoms with Crippen molar-refractivity contribution in [3.63, 3.8) is 0 Å². The number of carbonyl (C=O) groups is 1. The second kappa shape index (κ2) is 5.00. The van der Waals surface area contributed by atoms with Gasteiger partial charge in [-0.2, -0.15) is 5.10 Å². The molecule has 0 aliphatic carbocycles. The SMILES string of the molecule is Cc1cc(C)n(CC(=O)Nc2ccc3c(c2)CCN3)n1. The molecule has 5 nitrogen and oxygen atoms in total. The molecule has 1 amide bonds. The molecule has 0 saturated heterocycles. The monoisotopic (exact) mass is 270 g/mol. The van der Waals surface area contributed by atoms with Crippen LogP contribution in [-0.2, 0) is 17.8 Å². The average molecular weight is 270 g/mol. The summed E-state index contributed by atoms with van der Waals surface area (Å²) >= 11 is 0. The Morgan fingerprint density at radius 2 is 2.25 bits per heavy atom. The minimum atomic E-state index is -0.0536. The molecule has 3 rings (SSSR count). The lowest BCUT2D eigenvalue weighted by Crippen LogP contribution is -2.20. The number of hydrogen-bond donors (Lipinski definition) is 2. The number of hydrogen-bond acceptors (Lipinski definition) is 3. The van der Waals surface area contributed by atoms with Crippen LogP contribution in [-0.4, -0.2) is 22.2 Å². The van der Waals surface area contributed by atoms with Crippen LogP contribution >= 0.6 is 0 Å². The first-order valence-electron chi connectivity index (χ1n) is 6.79. The van der Waals surface area contributed by atoms with Gasteiger partial charge in [0, 0.05) is 23.6 Å². The van der Waals surface area contributed by atoms with E-state index in [0.29, 0.717) is 0 Å². The maximum Gasteiger partial charge on any atom is 0.246 e. The Bertz CT molecular complexity index is 660. The summed E-state index contributed by atoms with van der Waals surface area (Å²) in [6.07, 6.45) is 1.01. The van der Waals surface area contributed by atoms with Crippen molar-refractivity contribution >= 4 is 17.3 Å². The number of aryl methyl sites for hydroxylation is 2. The number of amides is 1. The average Bonchev–Trinajstić information content (AvgIpc) is 2.96. The number of anilines is 2. The highest BCUT2D eigenvalue weighted by atomic mass is 16.2. The molecule has 0 radical (unpaired) electrons. The third kappa shape index (κ3) is 2.52. The van der Waals surface area contributed by atoms with E-state index in [1.165, 1.54) is 11.3 Å². The molecule has 104 valence electrons. The summed E-state index contributed by atoms with van der Waals surface area (Å²) in [5.41, 5.74) is 5.20. The second-order valence-electron chi connectivity index (χ2n) is 5.18. The fraction of sp³-hybridized carbons (Fsp3) is 0.333. The summed E-state index contributed by atoms with van der Waals surface area (Å²) in [6.45, 7) is 5.09. The van der Waals surface area contributed by atoms with Gasteiger partial charge in [0.1, 0.15) is 6.54 Å². The van der Waals surface area contributed by atoms with Crippen molar-refractivity contribution in [2.24, 2.45) is 0 Å². The van der Waals surface area contributed by atoms with Gasteiger partial charge >= 0.3 is 0 Å². The van der Waals surface area contributed by atoms with Gasteiger partial charge in [0.05, 0.1) is 5.69 Å². The topological polar surface area (TPSA) is 59.0 Å². The third-order valence-electron chi connectivity index (χ3n) is 3.50. The zero-order chi connectivity index (χ0) is 14.1. The van der Waals surface area contributed by atoms with Crippen molar-refractivity contribution in [3.8, 4) is 0 Å². The Labute approximate surface area is 118 Å². The smallest absolute Gasteiger partial charge is 0.246 e. The van der Waals surface area contributed by atoms with Gasteiger partial charge in [-0.15, -0.1) is 0 Å². The molecule has 1 aliphatic rings. The van der Waals surface area contributed by atoms with E-state index < -0.39 is 0 Å². The number of nitrogens with zero attached hydrogens (tertiary/aromatic N) is 2. The van der Waals surface area contributed by atoms with Crippen LogP contribution < -0.4 is 10.6 Å². The van der Waals surface area contributed by atoms with Crippen molar-refractivity contribution in [1.82, 2.24) is 9.78 Å². The van der Waals surface area contributed by atoms with Gasteiger partial charge in [-0.25, -0.2) is 0 Å². The first kappa shape index (κ1) is 12.7. The van der Waals surface area contributed by atoms with Gasteiger partial charge in [0.2, 0.25) is 5.91 Å². The second-order valence-corrected chi connectivity index (χ2v) is 5.18. The molecule has 5 heteroatoms. The summed E-state index contributed by atoms with van der Waals surface area (Å²) in [5.74, 6) is -0.0536. The Morgan fingerprint density at radius 1 is 1.40 bits per heavy atom. The Kier molecular flexibility index (Phi) is 3.18. The lowest BCUT2D eigenvalue weighted by Gasteiger charge is -2.08. The lowest BCUT2D eigenvalue weighted by molar-refractivity contribution is -0.116. The van der Waals surface area contributed by atoms with Crippen molar-refractivity contribution in [3.05, 3.63) is 41.2 Å². The molecule has 20 heavy (non-hydrogen) atoms. The number of benzene rings is 1. The molecule has 0 unspecified atom stereocenters. The maximum absolute atomic E-state index is 12.1. The minimum Gasteiger partial charge on any atom is -0.384 e. The van der Waals surface area contributed by atoms with E-state index in [0.717, 1.165) is 30.0 Å².